The molecule has 0 radical (unpaired) electrons. The van der Waals surface area contributed by atoms with E-state index < -0.39 is 0 Å². The molecule has 0 spiro atoms. The number of thiophene rings is 1. The summed E-state index contributed by atoms with van der Waals surface area (Å²) in [7, 11) is 3.70. The molecule has 2 rings (SSSR count). The van der Waals surface area contributed by atoms with E-state index in [1.165, 1.54) is 16.0 Å². The molecule has 1 N–H and O–H groups in total. The van der Waals surface area contributed by atoms with Crippen LogP contribution in [0.2, 0.25) is 0 Å². The summed E-state index contributed by atoms with van der Waals surface area (Å²) in [4.78, 5) is 1.23. The maximum Gasteiger partial charge on any atom is 0.134 e. The van der Waals surface area contributed by atoms with Crippen molar-refractivity contribution in [2.24, 2.45) is 0 Å². The van der Waals surface area contributed by atoms with Gasteiger partial charge in [0.1, 0.15) is 5.75 Å². The normalized spacial score (nSPS) is 12.4. The van der Waals surface area contributed by atoms with E-state index in [0.717, 1.165) is 5.75 Å². The Bertz CT molecular complexity index is 492. The van der Waals surface area contributed by atoms with Crippen LogP contribution in [0.25, 0.3) is 0 Å². The molecule has 1 heterocycles. The lowest BCUT2D eigenvalue weighted by atomic mass is 10.00. The van der Waals surface area contributed by atoms with Gasteiger partial charge in [0.25, 0.3) is 0 Å². The monoisotopic (exact) mass is 247 g/mol. The van der Waals surface area contributed by atoms with Crippen molar-refractivity contribution >= 4 is 11.3 Å². The van der Waals surface area contributed by atoms with Gasteiger partial charge >= 0.3 is 0 Å². The van der Waals surface area contributed by atoms with Crippen LogP contribution in [-0.4, -0.2) is 14.2 Å². The van der Waals surface area contributed by atoms with E-state index in [1.807, 2.05) is 13.1 Å². The SMILES string of the molecule is CNC(c1ccccc1C)c1sccc1OC. The van der Waals surface area contributed by atoms with Crippen molar-refractivity contribution in [2.75, 3.05) is 14.2 Å². The Morgan fingerprint density at radius 3 is 2.65 bits per heavy atom. The molecule has 0 fully saturated rings. The number of ether oxygens (including phenoxy) is 1. The van der Waals surface area contributed by atoms with E-state index in [4.69, 9.17) is 4.74 Å². The van der Waals surface area contributed by atoms with Crippen molar-refractivity contribution in [1.82, 2.24) is 5.32 Å². The first kappa shape index (κ1) is 12.1. The van der Waals surface area contributed by atoms with Crippen LogP contribution >= 0.6 is 11.3 Å². The van der Waals surface area contributed by atoms with E-state index in [-0.39, 0.29) is 6.04 Å². The maximum absolute atomic E-state index is 5.40. The second-order valence-electron chi connectivity index (χ2n) is 3.93. The highest BCUT2D eigenvalue weighted by atomic mass is 32.1. The van der Waals surface area contributed by atoms with Crippen molar-refractivity contribution in [3.8, 4) is 5.75 Å². The highest BCUT2D eigenvalue weighted by Gasteiger charge is 2.19. The zero-order valence-electron chi connectivity index (χ0n) is 10.4. The molecule has 1 aromatic carbocycles. The Balaban J connectivity index is 2.44. The molecule has 0 aliphatic heterocycles. The van der Waals surface area contributed by atoms with Crippen LogP contribution in [0.4, 0.5) is 0 Å². The van der Waals surface area contributed by atoms with Crippen LogP contribution in [0.3, 0.4) is 0 Å². The average Bonchev–Trinajstić information content (AvgIpc) is 2.81. The van der Waals surface area contributed by atoms with E-state index in [2.05, 4.69) is 41.9 Å². The van der Waals surface area contributed by atoms with Gasteiger partial charge in [0.05, 0.1) is 18.0 Å². The largest absolute Gasteiger partial charge is 0.496 e. The van der Waals surface area contributed by atoms with Gasteiger partial charge < -0.3 is 10.1 Å². The third-order valence-electron chi connectivity index (χ3n) is 2.93. The zero-order chi connectivity index (χ0) is 12.3. The molecule has 17 heavy (non-hydrogen) atoms. The lowest BCUT2D eigenvalue weighted by Crippen LogP contribution is -2.18. The first-order valence-electron chi connectivity index (χ1n) is 5.62. The quantitative estimate of drug-likeness (QED) is 0.894. The fourth-order valence-electron chi connectivity index (χ4n) is 2.03. The Hall–Kier alpha value is -1.32. The van der Waals surface area contributed by atoms with Crippen LogP contribution in [0.5, 0.6) is 5.75 Å². The number of methoxy groups -OCH3 is 1. The van der Waals surface area contributed by atoms with E-state index in [0.29, 0.717) is 0 Å². The molecule has 2 nitrogen and oxygen atoms in total. The molecular formula is C14H17NOS. The molecule has 0 bridgehead atoms. The van der Waals surface area contributed by atoms with E-state index in [9.17, 15) is 0 Å². The molecule has 0 saturated carbocycles. The Labute approximate surface area is 106 Å². The molecular weight excluding hydrogens is 230 g/mol. The highest BCUT2D eigenvalue weighted by Crippen LogP contribution is 2.35. The third-order valence-corrected chi connectivity index (χ3v) is 3.89. The minimum absolute atomic E-state index is 0.200. The molecule has 2 aromatic rings. The highest BCUT2D eigenvalue weighted by molar-refractivity contribution is 7.10. The fraction of sp³-hybridized carbons (Fsp3) is 0.286. The molecule has 1 atom stereocenters. The fourth-order valence-corrected chi connectivity index (χ4v) is 3.01. The van der Waals surface area contributed by atoms with Gasteiger partial charge in [-0.05, 0) is 36.5 Å². The molecule has 3 heteroatoms. The summed E-state index contributed by atoms with van der Waals surface area (Å²) in [6, 6.07) is 10.7. The van der Waals surface area contributed by atoms with Crippen molar-refractivity contribution in [3.63, 3.8) is 0 Å². The minimum Gasteiger partial charge on any atom is -0.496 e. The molecule has 1 aromatic heterocycles. The van der Waals surface area contributed by atoms with Gasteiger partial charge in [-0.25, -0.2) is 0 Å². The summed E-state index contributed by atoms with van der Waals surface area (Å²) >= 11 is 1.72. The smallest absolute Gasteiger partial charge is 0.134 e. The number of hydrogen-bond acceptors (Lipinski definition) is 3. The molecule has 0 aliphatic rings. The molecule has 90 valence electrons. The van der Waals surface area contributed by atoms with Gasteiger partial charge in [0, 0.05) is 0 Å². The number of hydrogen-bond donors (Lipinski definition) is 1. The Kier molecular flexibility index (Phi) is 3.82. The summed E-state index contributed by atoms with van der Waals surface area (Å²) in [6.45, 7) is 2.14. The van der Waals surface area contributed by atoms with Crippen LogP contribution in [0, 0.1) is 6.92 Å². The predicted octanol–water partition coefficient (Wildman–Crippen LogP) is 3.37. The number of nitrogens with one attached hydrogen (secondary N) is 1. The van der Waals surface area contributed by atoms with Gasteiger partial charge in [-0.15, -0.1) is 11.3 Å². The Morgan fingerprint density at radius 2 is 2.00 bits per heavy atom. The lowest BCUT2D eigenvalue weighted by Gasteiger charge is -2.18. The average molecular weight is 247 g/mol. The van der Waals surface area contributed by atoms with Crippen LogP contribution in [-0.2, 0) is 0 Å². The summed E-state index contributed by atoms with van der Waals surface area (Å²) in [5.74, 6) is 0.956. The first-order chi connectivity index (χ1) is 8.27. The Morgan fingerprint density at radius 1 is 1.24 bits per heavy atom. The van der Waals surface area contributed by atoms with Gasteiger partial charge in [-0.2, -0.15) is 0 Å². The molecule has 0 saturated heterocycles. The minimum atomic E-state index is 0.200. The first-order valence-corrected chi connectivity index (χ1v) is 6.50. The zero-order valence-corrected chi connectivity index (χ0v) is 11.2. The number of aryl methyl sites for hydroxylation is 1. The van der Waals surface area contributed by atoms with Gasteiger partial charge in [0.2, 0.25) is 0 Å². The van der Waals surface area contributed by atoms with Gasteiger partial charge in [-0.1, -0.05) is 24.3 Å². The maximum atomic E-state index is 5.40. The van der Waals surface area contributed by atoms with Crippen LogP contribution < -0.4 is 10.1 Å². The standard InChI is InChI=1S/C14H17NOS/c1-10-6-4-5-7-11(10)13(15-2)14-12(16-3)8-9-17-14/h4-9,13,15H,1-3H3. The summed E-state index contributed by atoms with van der Waals surface area (Å²) < 4.78 is 5.40. The van der Waals surface area contributed by atoms with E-state index in [1.54, 1.807) is 18.4 Å². The van der Waals surface area contributed by atoms with Crippen molar-refractivity contribution in [1.29, 1.82) is 0 Å². The second kappa shape index (κ2) is 5.34. The second-order valence-corrected chi connectivity index (χ2v) is 4.88. The third kappa shape index (κ3) is 2.35. The summed E-state index contributed by atoms with van der Waals surface area (Å²) in [5, 5.41) is 5.43. The number of benzene rings is 1. The van der Waals surface area contributed by atoms with Crippen LogP contribution in [0.1, 0.15) is 22.0 Å². The van der Waals surface area contributed by atoms with Crippen molar-refractivity contribution in [3.05, 3.63) is 51.7 Å². The summed E-state index contributed by atoms with van der Waals surface area (Å²) in [6.07, 6.45) is 0. The lowest BCUT2D eigenvalue weighted by molar-refractivity contribution is 0.408. The molecule has 0 amide bonds. The predicted molar refractivity (Wildman–Crippen MR) is 73.0 cm³/mol. The van der Waals surface area contributed by atoms with Gasteiger partial charge in [0.15, 0.2) is 0 Å². The summed E-state index contributed by atoms with van der Waals surface area (Å²) in [5.41, 5.74) is 2.60. The van der Waals surface area contributed by atoms with Crippen LogP contribution in [0.15, 0.2) is 35.7 Å². The molecule has 1 unspecified atom stereocenters. The van der Waals surface area contributed by atoms with E-state index >= 15 is 0 Å². The van der Waals surface area contributed by atoms with Crippen molar-refractivity contribution in [2.45, 2.75) is 13.0 Å². The van der Waals surface area contributed by atoms with Gasteiger partial charge in [-0.3, -0.25) is 0 Å². The molecule has 0 aliphatic carbocycles. The number of rotatable bonds is 4. The topological polar surface area (TPSA) is 21.3 Å². The van der Waals surface area contributed by atoms with Crippen molar-refractivity contribution < 1.29 is 4.74 Å².